The number of hydrogen-bond donors (Lipinski definition) is 1. The fraction of sp³-hybridized carbons (Fsp3) is 0.696. The molecule has 0 bridgehead atoms. The Bertz CT molecular complexity index is 883. The van der Waals surface area contributed by atoms with E-state index in [1.807, 2.05) is 0 Å². The summed E-state index contributed by atoms with van der Waals surface area (Å²) < 4.78 is 40.0. The molecule has 0 spiro atoms. The quantitative estimate of drug-likeness (QED) is 0.254. The zero-order valence-electron chi connectivity index (χ0n) is 22.5. The number of esters is 1. The van der Waals surface area contributed by atoms with Crippen LogP contribution < -0.4 is 5.32 Å². The molecule has 0 aromatic carbocycles. The number of aromatic nitrogens is 1. The van der Waals surface area contributed by atoms with Crippen molar-refractivity contribution in [2.24, 2.45) is 0 Å². The molecule has 0 saturated heterocycles. The molecule has 0 aliphatic rings. The van der Waals surface area contributed by atoms with Crippen LogP contribution in [0, 0.1) is 0 Å². The molecule has 12 heteroatoms. The van der Waals surface area contributed by atoms with Crippen LogP contribution in [0.25, 0.3) is 0 Å². The summed E-state index contributed by atoms with van der Waals surface area (Å²) in [6.45, 7) is 14.2. The number of ether oxygens (including phenoxy) is 2. The van der Waals surface area contributed by atoms with E-state index in [9.17, 15) is 14.2 Å². The highest BCUT2D eigenvalue weighted by Gasteiger charge is 2.38. The largest absolute Gasteiger partial charge is 0.478 e. The van der Waals surface area contributed by atoms with Gasteiger partial charge in [0.25, 0.3) is 0 Å². The Kier molecular flexibility index (Phi) is 10.7. The summed E-state index contributed by atoms with van der Waals surface area (Å²) in [5.74, 6) is -0.0875. The van der Waals surface area contributed by atoms with Crippen molar-refractivity contribution >= 4 is 25.7 Å². The predicted molar refractivity (Wildman–Crippen MR) is 132 cm³/mol. The van der Waals surface area contributed by atoms with E-state index >= 15 is 0 Å². The first kappa shape index (κ1) is 30.8. The molecular weight excluding hydrogens is 477 g/mol. The van der Waals surface area contributed by atoms with Crippen molar-refractivity contribution in [1.82, 2.24) is 9.88 Å². The molecule has 1 heterocycles. The van der Waals surface area contributed by atoms with Gasteiger partial charge in [-0.25, -0.2) is 18.9 Å². The standard InChI is InChI=1S/C23H40N3O8P/c1-21(2,3)32-18(27)15-26(14-17-12-11-13-25-19(17)24-10)20(28)30-16-31-35(29,33-22(4,5)6)34-23(7,8)9/h11-13H,14-16H2,1-10H3,(H,24,25). The van der Waals surface area contributed by atoms with Gasteiger partial charge in [0.05, 0.1) is 17.7 Å². The maximum absolute atomic E-state index is 13.1. The first-order valence-electron chi connectivity index (χ1n) is 11.2. The van der Waals surface area contributed by atoms with Crippen LogP contribution in [0.5, 0.6) is 0 Å². The second-order valence-electron chi connectivity index (χ2n) is 10.7. The zero-order valence-corrected chi connectivity index (χ0v) is 23.4. The highest BCUT2D eigenvalue weighted by Crippen LogP contribution is 2.55. The van der Waals surface area contributed by atoms with Crippen LogP contribution in [0.3, 0.4) is 0 Å². The summed E-state index contributed by atoms with van der Waals surface area (Å²) in [5.41, 5.74) is -1.79. The number of pyridine rings is 1. The smallest absolute Gasteiger partial charge is 0.459 e. The Balaban J connectivity index is 3.01. The lowest BCUT2D eigenvalue weighted by molar-refractivity contribution is -0.156. The molecule has 0 aliphatic heterocycles. The Morgan fingerprint density at radius 2 is 1.57 bits per heavy atom. The fourth-order valence-corrected chi connectivity index (χ4v) is 4.35. The maximum atomic E-state index is 13.1. The molecule has 0 atom stereocenters. The Morgan fingerprint density at radius 3 is 2.06 bits per heavy atom. The van der Waals surface area contributed by atoms with E-state index in [1.54, 1.807) is 87.7 Å². The third kappa shape index (κ3) is 12.9. The fourth-order valence-electron chi connectivity index (χ4n) is 2.69. The number of nitrogens with one attached hydrogen (secondary N) is 1. The van der Waals surface area contributed by atoms with Gasteiger partial charge in [0.1, 0.15) is 18.0 Å². The first-order chi connectivity index (χ1) is 15.8. The van der Waals surface area contributed by atoms with Gasteiger partial charge in [-0.1, -0.05) is 6.07 Å². The summed E-state index contributed by atoms with van der Waals surface area (Å²) in [6, 6.07) is 3.47. The predicted octanol–water partition coefficient (Wildman–Crippen LogP) is 5.12. The van der Waals surface area contributed by atoms with Crippen LogP contribution in [0.2, 0.25) is 0 Å². The van der Waals surface area contributed by atoms with E-state index in [0.29, 0.717) is 11.4 Å². The van der Waals surface area contributed by atoms with Crippen LogP contribution in [0.15, 0.2) is 18.3 Å². The molecule has 1 aromatic heterocycles. The highest BCUT2D eigenvalue weighted by molar-refractivity contribution is 7.48. The molecule has 200 valence electrons. The second-order valence-corrected chi connectivity index (χ2v) is 12.2. The molecule has 0 fully saturated rings. The Morgan fingerprint density at radius 1 is 1.00 bits per heavy atom. The molecule has 1 aromatic rings. The lowest BCUT2D eigenvalue weighted by Crippen LogP contribution is -2.39. The minimum absolute atomic E-state index is 0.00324. The summed E-state index contributed by atoms with van der Waals surface area (Å²) in [7, 11) is -2.40. The first-order valence-corrected chi connectivity index (χ1v) is 12.7. The summed E-state index contributed by atoms with van der Waals surface area (Å²) in [4.78, 5) is 30.7. The van der Waals surface area contributed by atoms with Crippen molar-refractivity contribution < 1.29 is 37.2 Å². The Hall–Kier alpha value is -2.20. The Labute approximate surface area is 208 Å². The van der Waals surface area contributed by atoms with Crippen molar-refractivity contribution in [3.63, 3.8) is 0 Å². The maximum Gasteiger partial charge on any atom is 0.478 e. The normalized spacial score (nSPS) is 12.7. The third-order valence-electron chi connectivity index (χ3n) is 3.65. The monoisotopic (exact) mass is 517 g/mol. The number of hydrogen-bond acceptors (Lipinski definition) is 10. The van der Waals surface area contributed by atoms with E-state index in [0.717, 1.165) is 4.90 Å². The van der Waals surface area contributed by atoms with Gasteiger partial charge < -0.3 is 14.8 Å². The molecule has 11 nitrogen and oxygen atoms in total. The number of phosphoric ester groups is 1. The third-order valence-corrected chi connectivity index (χ3v) is 5.62. The topological polar surface area (TPSA) is 126 Å². The molecule has 0 unspecified atom stereocenters. The van der Waals surface area contributed by atoms with E-state index in [2.05, 4.69) is 10.3 Å². The molecule has 0 radical (unpaired) electrons. The number of anilines is 1. The van der Waals surface area contributed by atoms with Gasteiger partial charge in [0, 0.05) is 18.8 Å². The van der Waals surface area contributed by atoms with Gasteiger partial charge in [-0.05, 0) is 68.4 Å². The molecule has 1 amide bonds. The summed E-state index contributed by atoms with van der Waals surface area (Å²) >= 11 is 0. The minimum Gasteiger partial charge on any atom is -0.459 e. The minimum atomic E-state index is -4.09. The average molecular weight is 518 g/mol. The van der Waals surface area contributed by atoms with Crippen molar-refractivity contribution in [2.75, 3.05) is 25.7 Å². The van der Waals surface area contributed by atoms with Gasteiger partial charge in [-0.15, -0.1) is 0 Å². The SMILES string of the molecule is CNc1ncccc1CN(CC(=O)OC(C)(C)C)C(=O)OCOP(=O)(OC(C)(C)C)OC(C)(C)C. The molecule has 0 aliphatic carbocycles. The van der Waals surface area contributed by atoms with Gasteiger partial charge in [-0.3, -0.25) is 18.7 Å². The molecule has 1 N–H and O–H groups in total. The number of carbonyl (C=O) groups excluding carboxylic acids is 2. The lowest BCUT2D eigenvalue weighted by atomic mass is 10.2. The summed E-state index contributed by atoms with van der Waals surface area (Å²) in [6.07, 6.45) is 0.710. The van der Waals surface area contributed by atoms with Crippen LogP contribution in [-0.4, -0.2) is 59.1 Å². The van der Waals surface area contributed by atoms with E-state index in [-0.39, 0.29) is 13.1 Å². The number of nitrogens with zero attached hydrogens (tertiary/aromatic N) is 2. The molecular formula is C23H40N3O8P. The van der Waals surface area contributed by atoms with Gasteiger partial charge in [0.15, 0.2) is 0 Å². The van der Waals surface area contributed by atoms with E-state index < -0.39 is 43.5 Å². The van der Waals surface area contributed by atoms with Crippen molar-refractivity contribution in [1.29, 1.82) is 0 Å². The zero-order chi connectivity index (χ0) is 27.1. The van der Waals surface area contributed by atoms with E-state index in [1.165, 1.54) is 0 Å². The average Bonchev–Trinajstić information content (AvgIpc) is 2.63. The van der Waals surface area contributed by atoms with Crippen molar-refractivity contribution in [2.45, 2.75) is 85.7 Å². The number of amides is 1. The van der Waals surface area contributed by atoms with Gasteiger partial charge in [0.2, 0.25) is 6.79 Å². The molecule has 1 rings (SSSR count). The van der Waals surface area contributed by atoms with Crippen molar-refractivity contribution in [3.8, 4) is 0 Å². The van der Waals surface area contributed by atoms with Crippen LogP contribution >= 0.6 is 7.82 Å². The van der Waals surface area contributed by atoms with Gasteiger partial charge >= 0.3 is 19.9 Å². The number of rotatable bonds is 10. The number of carbonyl (C=O) groups is 2. The van der Waals surface area contributed by atoms with Crippen LogP contribution in [0.1, 0.15) is 67.9 Å². The highest BCUT2D eigenvalue weighted by atomic mass is 31.2. The van der Waals surface area contributed by atoms with Crippen LogP contribution in [0.4, 0.5) is 10.6 Å². The van der Waals surface area contributed by atoms with Gasteiger partial charge in [-0.2, -0.15) is 0 Å². The molecule has 35 heavy (non-hydrogen) atoms. The molecule has 0 saturated carbocycles. The summed E-state index contributed by atoms with van der Waals surface area (Å²) in [5, 5.41) is 2.94. The second kappa shape index (κ2) is 12.2. The van der Waals surface area contributed by atoms with Crippen molar-refractivity contribution in [3.05, 3.63) is 23.9 Å². The van der Waals surface area contributed by atoms with E-state index in [4.69, 9.17) is 23.0 Å². The lowest BCUT2D eigenvalue weighted by Gasteiger charge is -2.31. The number of phosphoric acid groups is 1. The van der Waals surface area contributed by atoms with Crippen LogP contribution in [-0.2, 0) is 38.9 Å².